The van der Waals surface area contributed by atoms with Crippen molar-refractivity contribution in [1.29, 1.82) is 0 Å². The molecule has 3 heterocycles. The van der Waals surface area contributed by atoms with Gasteiger partial charge in [-0.25, -0.2) is 9.07 Å². The first-order chi connectivity index (χ1) is 15.7. The molecule has 158 valence electrons. The molecular formula is C25H19FN4O2. The van der Waals surface area contributed by atoms with Gasteiger partial charge < -0.3 is 14.8 Å². The van der Waals surface area contributed by atoms with Crippen molar-refractivity contribution in [1.82, 2.24) is 14.8 Å². The number of anilines is 1. The van der Waals surface area contributed by atoms with E-state index in [-0.39, 0.29) is 11.9 Å². The number of nitrogens with one attached hydrogen (secondary N) is 1. The van der Waals surface area contributed by atoms with Crippen LogP contribution in [-0.2, 0) is 0 Å². The Morgan fingerprint density at radius 1 is 1.00 bits per heavy atom. The van der Waals surface area contributed by atoms with Crippen molar-refractivity contribution in [2.24, 2.45) is 0 Å². The largest absolute Gasteiger partial charge is 0.497 e. The molecule has 7 heteroatoms. The lowest BCUT2D eigenvalue weighted by molar-refractivity contribution is 0.222. The average molecular weight is 426 g/mol. The summed E-state index contributed by atoms with van der Waals surface area (Å²) in [5.74, 6) is 1.65. The lowest BCUT2D eigenvalue weighted by atomic mass is 9.84. The maximum absolute atomic E-state index is 14.3. The number of nitrogens with zero attached hydrogens (tertiary/aromatic N) is 3. The number of aromatic nitrogens is 3. The number of fused-ring (bicyclic) bond motifs is 3. The van der Waals surface area contributed by atoms with E-state index in [4.69, 9.17) is 9.47 Å². The summed E-state index contributed by atoms with van der Waals surface area (Å²) in [5.41, 5.74) is 4.40. The fourth-order valence-electron chi connectivity index (χ4n) is 4.45. The van der Waals surface area contributed by atoms with Gasteiger partial charge >= 0.3 is 0 Å². The molecule has 0 bridgehead atoms. The molecule has 0 aliphatic carbocycles. The number of methoxy groups -OCH3 is 1. The second kappa shape index (κ2) is 7.23. The predicted molar refractivity (Wildman–Crippen MR) is 118 cm³/mol. The Morgan fingerprint density at radius 2 is 1.81 bits per heavy atom. The number of benzene rings is 3. The predicted octanol–water partition coefficient (Wildman–Crippen LogP) is 4.99. The first kappa shape index (κ1) is 18.6. The van der Waals surface area contributed by atoms with Crippen LogP contribution < -0.4 is 14.8 Å². The van der Waals surface area contributed by atoms with Gasteiger partial charge in [0.25, 0.3) is 0 Å². The van der Waals surface area contributed by atoms with E-state index in [1.807, 2.05) is 47.1 Å². The van der Waals surface area contributed by atoms with E-state index in [9.17, 15) is 4.39 Å². The maximum atomic E-state index is 14.3. The lowest BCUT2D eigenvalue weighted by Gasteiger charge is -2.39. The summed E-state index contributed by atoms with van der Waals surface area (Å²) in [7, 11) is 1.64. The van der Waals surface area contributed by atoms with Crippen molar-refractivity contribution in [3.05, 3.63) is 107 Å². The van der Waals surface area contributed by atoms with Gasteiger partial charge in [-0.1, -0.05) is 42.5 Å². The van der Waals surface area contributed by atoms with Crippen molar-refractivity contribution in [2.75, 3.05) is 12.4 Å². The SMILES string of the molecule is COc1ccc([C@@H]2Oc3ccc(F)cc3C3=C2[C@H](c2ccccc2)n2ncnc2N3)cc1. The molecule has 0 spiro atoms. The van der Waals surface area contributed by atoms with Crippen LogP contribution in [-0.4, -0.2) is 21.9 Å². The van der Waals surface area contributed by atoms with Crippen molar-refractivity contribution >= 4 is 11.6 Å². The van der Waals surface area contributed by atoms with E-state index in [2.05, 4.69) is 27.5 Å². The second-order valence-electron chi connectivity index (χ2n) is 7.71. The summed E-state index contributed by atoms with van der Waals surface area (Å²) >= 11 is 0. The monoisotopic (exact) mass is 426 g/mol. The Kier molecular flexibility index (Phi) is 4.21. The second-order valence-corrected chi connectivity index (χ2v) is 7.71. The molecule has 0 unspecified atom stereocenters. The third-order valence-electron chi connectivity index (χ3n) is 5.91. The van der Waals surface area contributed by atoms with Gasteiger partial charge in [0.05, 0.1) is 12.8 Å². The molecule has 6 nitrogen and oxygen atoms in total. The molecule has 3 aromatic carbocycles. The average Bonchev–Trinajstić information content (AvgIpc) is 3.31. The maximum Gasteiger partial charge on any atom is 0.226 e. The molecule has 0 fully saturated rings. The number of halogens is 1. The first-order valence-corrected chi connectivity index (χ1v) is 10.3. The summed E-state index contributed by atoms with van der Waals surface area (Å²) in [5, 5.41) is 7.88. The quantitative estimate of drug-likeness (QED) is 0.500. The zero-order chi connectivity index (χ0) is 21.7. The van der Waals surface area contributed by atoms with Gasteiger partial charge in [-0.3, -0.25) is 0 Å². The zero-order valence-corrected chi connectivity index (χ0v) is 17.2. The molecule has 4 aromatic rings. The van der Waals surface area contributed by atoms with E-state index in [1.165, 1.54) is 18.5 Å². The van der Waals surface area contributed by atoms with Crippen LogP contribution in [0.4, 0.5) is 10.3 Å². The molecule has 0 saturated carbocycles. The standard InChI is InChI=1S/C25H19FN4O2/c1-31-18-10-7-16(8-11-18)24-21-22(19-13-17(26)9-12-20(19)32-24)29-25-27-14-28-30(25)23(21)15-5-3-2-4-6-15/h2-14,23-24H,1H3,(H,27,28,29)/t23-,24-/m0/s1. The van der Waals surface area contributed by atoms with Crippen molar-refractivity contribution in [3.8, 4) is 11.5 Å². The number of hydrogen-bond acceptors (Lipinski definition) is 5. The number of ether oxygens (including phenoxy) is 2. The van der Waals surface area contributed by atoms with Gasteiger partial charge in [0, 0.05) is 11.1 Å². The Morgan fingerprint density at radius 3 is 2.59 bits per heavy atom. The highest BCUT2D eigenvalue weighted by Crippen LogP contribution is 2.50. The minimum Gasteiger partial charge on any atom is -0.497 e. The number of rotatable bonds is 3. The Bertz CT molecular complexity index is 1330. The minimum absolute atomic E-state index is 0.270. The van der Waals surface area contributed by atoms with Crippen molar-refractivity contribution < 1.29 is 13.9 Å². The molecule has 2 atom stereocenters. The van der Waals surface area contributed by atoms with Gasteiger partial charge in [0.1, 0.15) is 35.8 Å². The number of hydrogen-bond donors (Lipinski definition) is 1. The van der Waals surface area contributed by atoms with Crippen LogP contribution in [0.3, 0.4) is 0 Å². The van der Waals surface area contributed by atoms with Crippen LogP contribution in [0.15, 0.2) is 84.7 Å². The summed E-state index contributed by atoms with van der Waals surface area (Å²) < 4.78 is 27.9. The fourth-order valence-corrected chi connectivity index (χ4v) is 4.45. The van der Waals surface area contributed by atoms with Crippen LogP contribution in [0, 0.1) is 5.82 Å². The van der Waals surface area contributed by atoms with Gasteiger partial charge in [0.2, 0.25) is 5.95 Å². The molecule has 0 amide bonds. The fraction of sp³-hybridized carbons (Fsp3) is 0.120. The lowest BCUT2D eigenvalue weighted by Crippen LogP contribution is -2.32. The Labute approximate surface area is 183 Å². The minimum atomic E-state index is -0.413. The van der Waals surface area contributed by atoms with Crippen LogP contribution in [0.2, 0.25) is 0 Å². The van der Waals surface area contributed by atoms with Gasteiger partial charge in [-0.15, -0.1) is 0 Å². The summed E-state index contributed by atoms with van der Waals surface area (Å²) in [6, 6.07) is 22.2. The molecule has 6 rings (SSSR count). The highest BCUT2D eigenvalue weighted by atomic mass is 19.1. The van der Waals surface area contributed by atoms with Crippen molar-refractivity contribution in [3.63, 3.8) is 0 Å². The molecule has 32 heavy (non-hydrogen) atoms. The molecule has 1 aromatic heterocycles. The van der Waals surface area contributed by atoms with E-state index in [0.717, 1.165) is 28.1 Å². The Hall–Kier alpha value is -4.13. The highest BCUT2D eigenvalue weighted by Gasteiger charge is 2.41. The summed E-state index contributed by atoms with van der Waals surface area (Å²) in [6.45, 7) is 0. The normalized spacial score (nSPS) is 18.7. The smallest absolute Gasteiger partial charge is 0.226 e. The van der Waals surface area contributed by atoms with E-state index >= 15 is 0 Å². The zero-order valence-electron chi connectivity index (χ0n) is 17.2. The highest BCUT2D eigenvalue weighted by molar-refractivity contribution is 5.85. The van der Waals surface area contributed by atoms with Gasteiger partial charge in [-0.05, 0) is 41.5 Å². The van der Waals surface area contributed by atoms with Crippen LogP contribution in [0.1, 0.15) is 28.8 Å². The van der Waals surface area contributed by atoms with E-state index < -0.39 is 6.10 Å². The molecule has 2 aliphatic heterocycles. The van der Waals surface area contributed by atoms with Crippen LogP contribution in [0.5, 0.6) is 11.5 Å². The topological polar surface area (TPSA) is 61.2 Å². The third-order valence-corrected chi connectivity index (χ3v) is 5.91. The van der Waals surface area contributed by atoms with Crippen LogP contribution >= 0.6 is 0 Å². The van der Waals surface area contributed by atoms with Gasteiger partial charge in [0.15, 0.2) is 0 Å². The molecule has 1 N–H and O–H groups in total. The van der Waals surface area contributed by atoms with E-state index in [0.29, 0.717) is 17.3 Å². The molecular weight excluding hydrogens is 407 g/mol. The molecule has 0 radical (unpaired) electrons. The molecule has 2 aliphatic rings. The summed E-state index contributed by atoms with van der Waals surface area (Å²) in [6.07, 6.45) is 1.11. The third kappa shape index (κ3) is 2.85. The van der Waals surface area contributed by atoms with Gasteiger partial charge in [-0.2, -0.15) is 10.1 Å². The van der Waals surface area contributed by atoms with E-state index in [1.54, 1.807) is 13.2 Å². The van der Waals surface area contributed by atoms with Crippen molar-refractivity contribution in [2.45, 2.75) is 12.1 Å². The molecule has 0 saturated heterocycles. The Balaban J connectivity index is 1.61. The first-order valence-electron chi connectivity index (χ1n) is 10.3. The summed E-state index contributed by atoms with van der Waals surface area (Å²) in [4.78, 5) is 4.39. The van der Waals surface area contributed by atoms with Crippen LogP contribution in [0.25, 0.3) is 5.70 Å².